The number of carbonyl (C=O) groups is 4. The van der Waals surface area contributed by atoms with E-state index in [1.54, 1.807) is 0 Å². The highest BCUT2D eigenvalue weighted by molar-refractivity contribution is 7.87. The molecule has 0 aliphatic rings. The summed E-state index contributed by atoms with van der Waals surface area (Å²) in [6.07, 6.45) is 13.9. The molecule has 11 nitrogen and oxygen atoms in total. The van der Waals surface area contributed by atoms with Crippen molar-refractivity contribution in [2.24, 2.45) is 5.92 Å². The molecule has 0 bridgehead atoms. The van der Waals surface area contributed by atoms with Crippen LogP contribution in [0.1, 0.15) is 109 Å². The molecule has 0 aliphatic carbocycles. The Morgan fingerprint density at radius 1 is 0.611 bits per heavy atom. The number of rotatable bonds is 24. The molecule has 210 valence electrons. The molecule has 0 fully saturated rings. The molecule has 36 heavy (non-hydrogen) atoms. The normalized spacial score (nSPS) is 13.1. The van der Waals surface area contributed by atoms with Crippen molar-refractivity contribution in [3.05, 3.63) is 0 Å². The smallest absolute Gasteiger partial charge is 0.324 e. The van der Waals surface area contributed by atoms with Crippen LogP contribution in [0, 0.1) is 5.92 Å². The SMILES string of the molecule is O=C(O)CC(CCCCCCCCCCCCCCCCNC(=O)CC(C(=O)O)S(=O)(=O)O)C(=O)O. The van der Waals surface area contributed by atoms with Crippen molar-refractivity contribution < 1.29 is 47.5 Å². The highest BCUT2D eigenvalue weighted by atomic mass is 32.2. The zero-order chi connectivity index (χ0) is 27.4. The summed E-state index contributed by atoms with van der Waals surface area (Å²) in [5, 5.41) is 26.8. The highest BCUT2D eigenvalue weighted by Crippen LogP contribution is 2.17. The van der Waals surface area contributed by atoms with Crippen LogP contribution >= 0.6 is 0 Å². The van der Waals surface area contributed by atoms with Gasteiger partial charge in [0.25, 0.3) is 10.1 Å². The van der Waals surface area contributed by atoms with Gasteiger partial charge in [-0.1, -0.05) is 83.5 Å². The molecule has 5 N–H and O–H groups in total. The minimum absolute atomic E-state index is 0.313. The topological polar surface area (TPSA) is 195 Å². The molecule has 12 heteroatoms. The van der Waals surface area contributed by atoms with Gasteiger partial charge < -0.3 is 20.6 Å². The first-order valence-corrected chi connectivity index (χ1v) is 14.4. The number of unbranched alkanes of at least 4 members (excludes halogenated alkanes) is 13. The molecule has 2 atom stereocenters. The van der Waals surface area contributed by atoms with Crippen molar-refractivity contribution >= 4 is 33.9 Å². The van der Waals surface area contributed by atoms with Crippen LogP contribution in [0.2, 0.25) is 0 Å². The van der Waals surface area contributed by atoms with E-state index >= 15 is 0 Å². The van der Waals surface area contributed by atoms with Gasteiger partial charge in [0.15, 0.2) is 5.25 Å². The molecule has 0 spiro atoms. The average molecular weight is 538 g/mol. The van der Waals surface area contributed by atoms with E-state index in [0.717, 1.165) is 57.8 Å². The van der Waals surface area contributed by atoms with Gasteiger partial charge in [-0.3, -0.25) is 23.7 Å². The van der Waals surface area contributed by atoms with E-state index in [9.17, 15) is 27.6 Å². The molecule has 2 unspecified atom stereocenters. The van der Waals surface area contributed by atoms with Gasteiger partial charge in [0, 0.05) is 6.54 Å². The summed E-state index contributed by atoms with van der Waals surface area (Å²) in [7, 11) is -4.82. The van der Waals surface area contributed by atoms with E-state index in [0.29, 0.717) is 19.4 Å². The van der Waals surface area contributed by atoms with Crippen LogP contribution in [0.5, 0.6) is 0 Å². The fourth-order valence-electron chi connectivity index (χ4n) is 3.95. The average Bonchev–Trinajstić information content (AvgIpc) is 2.77. The lowest BCUT2D eigenvalue weighted by Crippen LogP contribution is -2.36. The van der Waals surface area contributed by atoms with Crippen molar-refractivity contribution in [2.45, 2.75) is 114 Å². The molecule has 0 aliphatic heterocycles. The molecule has 0 aromatic rings. The Labute approximate surface area is 213 Å². The van der Waals surface area contributed by atoms with Gasteiger partial charge in [0.05, 0.1) is 18.8 Å². The van der Waals surface area contributed by atoms with Crippen LogP contribution in [0.25, 0.3) is 0 Å². The number of amides is 1. The second-order valence-corrected chi connectivity index (χ2v) is 10.9. The molecular formula is C24H43NO10S. The lowest BCUT2D eigenvalue weighted by molar-refractivity contribution is -0.148. The lowest BCUT2D eigenvalue weighted by atomic mass is 9.97. The minimum Gasteiger partial charge on any atom is -0.481 e. The van der Waals surface area contributed by atoms with Gasteiger partial charge in [-0.05, 0) is 12.8 Å². The molecule has 0 saturated carbocycles. The maximum atomic E-state index is 11.6. The number of hydrogen-bond acceptors (Lipinski definition) is 6. The standard InChI is InChI=1S/C24H43NO10S/c26-21(18-20(24(31)32)36(33,34)35)25-16-14-12-10-8-6-4-2-1-3-5-7-9-11-13-15-19(23(29)30)17-22(27)28/h19-20H,1-18H2,(H,25,26)(H,27,28)(H,29,30)(H,31,32)(H,33,34,35). The van der Waals surface area contributed by atoms with E-state index < -0.39 is 51.5 Å². The van der Waals surface area contributed by atoms with Crippen LogP contribution < -0.4 is 5.32 Å². The van der Waals surface area contributed by atoms with Crippen molar-refractivity contribution in [3.8, 4) is 0 Å². The third kappa shape index (κ3) is 19.0. The Kier molecular flexibility index (Phi) is 18.7. The van der Waals surface area contributed by atoms with E-state index in [1.807, 2.05) is 0 Å². The largest absolute Gasteiger partial charge is 0.481 e. The molecule has 0 radical (unpaired) electrons. The molecule has 0 rings (SSSR count). The number of aliphatic carboxylic acids is 3. The fourth-order valence-corrected chi connectivity index (χ4v) is 4.57. The second-order valence-electron chi connectivity index (χ2n) is 9.27. The van der Waals surface area contributed by atoms with Crippen LogP contribution in [0.15, 0.2) is 0 Å². The lowest BCUT2D eigenvalue weighted by Gasteiger charge is -2.09. The first kappa shape index (κ1) is 33.8. The Morgan fingerprint density at radius 3 is 1.39 bits per heavy atom. The second kappa shape index (κ2) is 19.9. The summed E-state index contributed by atoms with van der Waals surface area (Å²) in [5.41, 5.74) is 0. The number of carboxylic acids is 3. The van der Waals surface area contributed by atoms with Crippen LogP contribution in [0.3, 0.4) is 0 Å². The van der Waals surface area contributed by atoms with Gasteiger partial charge in [-0.25, -0.2) is 0 Å². The van der Waals surface area contributed by atoms with Crippen molar-refractivity contribution in [1.82, 2.24) is 5.32 Å². The molecule has 0 heterocycles. The Balaban J connectivity index is 3.50. The molecule has 1 amide bonds. The van der Waals surface area contributed by atoms with Crippen LogP contribution in [0.4, 0.5) is 0 Å². The Morgan fingerprint density at radius 2 is 1.03 bits per heavy atom. The van der Waals surface area contributed by atoms with Gasteiger partial charge in [-0.15, -0.1) is 0 Å². The summed E-state index contributed by atoms with van der Waals surface area (Å²) in [5.74, 6) is -5.37. The quantitative estimate of drug-likeness (QED) is 0.0890. The zero-order valence-corrected chi connectivity index (χ0v) is 21.8. The van der Waals surface area contributed by atoms with E-state index in [-0.39, 0.29) is 6.42 Å². The first-order valence-electron chi connectivity index (χ1n) is 12.9. The number of hydrogen-bond donors (Lipinski definition) is 5. The highest BCUT2D eigenvalue weighted by Gasteiger charge is 2.33. The summed E-state index contributed by atoms with van der Waals surface area (Å²) >= 11 is 0. The van der Waals surface area contributed by atoms with E-state index in [4.69, 9.17) is 19.9 Å². The summed E-state index contributed by atoms with van der Waals surface area (Å²) in [6, 6.07) is 0. The van der Waals surface area contributed by atoms with Gasteiger partial charge in [-0.2, -0.15) is 8.42 Å². The monoisotopic (exact) mass is 537 g/mol. The van der Waals surface area contributed by atoms with Crippen molar-refractivity contribution in [1.29, 1.82) is 0 Å². The molecule has 0 aromatic heterocycles. The predicted molar refractivity (Wildman–Crippen MR) is 133 cm³/mol. The Bertz CT molecular complexity index is 769. The number of carboxylic acid groups (broad SMARTS) is 3. The number of carbonyl (C=O) groups excluding carboxylic acids is 1. The third-order valence-corrected chi connectivity index (χ3v) is 7.16. The fraction of sp³-hybridized carbons (Fsp3) is 0.833. The van der Waals surface area contributed by atoms with Crippen molar-refractivity contribution in [2.75, 3.05) is 6.54 Å². The first-order chi connectivity index (χ1) is 16.9. The Hall–Kier alpha value is -2.21. The maximum Gasteiger partial charge on any atom is 0.324 e. The van der Waals surface area contributed by atoms with Gasteiger partial charge in [0.1, 0.15) is 0 Å². The molecular weight excluding hydrogens is 494 g/mol. The maximum absolute atomic E-state index is 11.6. The zero-order valence-electron chi connectivity index (χ0n) is 21.0. The predicted octanol–water partition coefficient (Wildman–Crippen LogP) is 3.86. The third-order valence-electron chi connectivity index (χ3n) is 6.08. The molecule has 0 aromatic carbocycles. The van der Waals surface area contributed by atoms with Crippen molar-refractivity contribution in [3.63, 3.8) is 0 Å². The molecule has 0 saturated heterocycles. The van der Waals surface area contributed by atoms with Gasteiger partial charge >= 0.3 is 17.9 Å². The van der Waals surface area contributed by atoms with E-state index in [2.05, 4.69) is 5.32 Å². The summed E-state index contributed by atoms with van der Waals surface area (Å²) in [6.45, 7) is 0.332. The van der Waals surface area contributed by atoms with E-state index in [1.165, 1.54) is 25.7 Å². The summed E-state index contributed by atoms with van der Waals surface area (Å²) in [4.78, 5) is 44.1. The van der Waals surface area contributed by atoms with Gasteiger partial charge in [0.2, 0.25) is 5.91 Å². The van der Waals surface area contributed by atoms with Crippen LogP contribution in [-0.2, 0) is 29.3 Å². The van der Waals surface area contributed by atoms with Crippen LogP contribution in [-0.4, -0.2) is 63.9 Å². The number of nitrogens with one attached hydrogen (secondary N) is 1. The minimum atomic E-state index is -4.82. The summed E-state index contributed by atoms with van der Waals surface area (Å²) < 4.78 is 30.8.